The van der Waals surface area contributed by atoms with Gasteiger partial charge in [-0.15, -0.1) is 0 Å². The van der Waals surface area contributed by atoms with E-state index in [1.807, 2.05) is 24.3 Å². The number of hydrazone groups is 1. The van der Waals surface area contributed by atoms with Crippen LogP contribution >= 0.6 is 0 Å². The minimum Gasteiger partial charge on any atom is -0.497 e. The third-order valence-corrected chi connectivity index (χ3v) is 5.51. The standard InChI is InChI=1S/C29H33N3O4/c1-3-4-5-6-7-19-36-27-15-11-22(12-16-27)21-30-32-29(34)24-9-8-10-25(20-24)31-28(33)23-13-17-26(35-2)18-14-23/h8-18,20-21H,3-7,19H2,1-2H3,(H,31,33)(H,32,34)/b30-21+. The van der Waals surface area contributed by atoms with Gasteiger partial charge in [-0.25, -0.2) is 5.43 Å². The summed E-state index contributed by atoms with van der Waals surface area (Å²) >= 11 is 0. The molecule has 0 aliphatic rings. The highest BCUT2D eigenvalue weighted by molar-refractivity contribution is 6.05. The van der Waals surface area contributed by atoms with E-state index in [-0.39, 0.29) is 11.8 Å². The Balaban J connectivity index is 1.47. The van der Waals surface area contributed by atoms with Crippen molar-refractivity contribution in [2.45, 2.75) is 39.0 Å². The Hall–Kier alpha value is -4.13. The molecule has 3 rings (SSSR count). The molecule has 3 aromatic rings. The quantitative estimate of drug-likeness (QED) is 0.174. The minimum atomic E-state index is -0.380. The van der Waals surface area contributed by atoms with E-state index < -0.39 is 0 Å². The van der Waals surface area contributed by atoms with Crippen molar-refractivity contribution in [1.29, 1.82) is 0 Å². The number of carbonyl (C=O) groups is 2. The fourth-order valence-electron chi connectivity index (χ4n) is 3.46. The van der Waals surface area contributed by atoms with Crippen LogP contribution in [0.25, 0.3) is 0 Å². The van der Waals surface area contributed by atoms with Crippen LogP contribution < -0.4 is 20.2 Å². The summed E-state index contributed by atoms with van der Waals surface area (Å²) in [5.41, 5.74) is 4.73. The van der Waals surface area contributed by atoms with Crippen molar-refractivity contribution in [2.24, 2.45) is 5.10 Å². The number of carbonyl (C=O) groups excluding carboxylic acids is 2. The number of rotatable bonds is 13. The van der Waals surface area contributed by atoms with E-state index in [4.69, 9.17) is 9.47 Å². The van der Waals surface area contributed by atoms with E-state index in [9.17, 15) is 9.59 Å². The zero-order chi connectivity index (χ0) is 25.6. The molecule has 0 aliphatic carbocycles. The van der Waals surface area contributed by atoms with Crippen LogP contribution in [0.1, 0.15) is 65.3 Å². The van der Waals surface area contributed by atoms with E-state index >= 15 is 0 Å². The maximum atomic E-state index is 12.5. The smallest absolute Gasteiger partial charge is 0.271 e. The molecular formula is C29H33N3O4. The summed E-state index contributed by atoms with van der Waals surface area (Å²) in [6.07, 6.45) is 7.58. The lowest BCUT2D eigenvalue weighted by atomic mass is 10.1. The molecule has 0 spiro atoms. The van der Waals surface area contributed by atoms with Crippen molar-refractivity contribution in [3.05, 3.63) is 89.5 Å². The highest BCUT2D eigenvalue weighted by Gasteiger charge is 2.09. The summed E-state index contributed by atoms with van der Waals surface area (Å²) in [5.74, 6) is 0.829. The highest BCUT2D eigenvalue weighted by Crippen LogP contribution is 2.16. The van der Waals surface area contributed by atoms with E-state index in [1.54, 1.807) is 61.9 Å². The number of hydrogen-bond donors (Lipinski definition) is 2. The summed E-state index contributed by atoms with van der Waals surface area (Å²) in [6.45, 7) is 2.92. The molecule has 3 aromatic carbocycles. The first-order valence-corrected chi connectivity index (χ1v) is 12.2. The Bertz CT molecular complexity index is 1140. The Morgan fingerprint density at radius 1 is 0.833 bits per heavy atom. The van der Waals surface area contributed by atoms with Crippen LogP contribution in [-0.2, 0) is 0 Å². The van der Waals surface area contributed by atoms with Crippen LogP contribution in [0.15, 0.2) is 77.9 Å². The van der Waals surface area contributed by atoms with E-state index in [2.05, 4.69) is 22.8 Å². The molecule has 7 heteroatoms. The second-order valence-electron chi connectivity index (χ2n) is 8.29. The van der Waals surface area contributed by atoms with Crippen molar-refractivity contribution >= 4 is 23.7 Å². The number of methoxy groups -OCH3 is 1. The highest BCUT2D eigenvalue weighted by atomic mass is 16.5. The minimum absolute atomic E-state index is 0.280. The summed E-state index contributed by atoms with van der Waals surface area (Å²) < 4.78 is 10.9. The van der Waals surface area contributed by atoms with Crippen molar-refractivity contribution in [3.8, 4) is 11.5 Å². The van der Waals surface area contributed by atoms with Gasteiger partial charge in [-0.1, -0.05) is 38.7 Å². The second-order valence-corrected chi connectivity index (χ2v) is 8.29. The van der Waals surface area contributed by atoms with Crippen LogP contribution in [0, 0.1) is 0 Å². The predicted molar refractivity (Wildman–Crippen MR) is 143 cm³/mol. The van der Waals surface area contributed by atoms with Crippen LogP contribution in [0.3, 0.4) is 0 Å². The molecule has 0 atom stereocenters. The average Bonchev–Trinajstić information content (AvgIpc) is 2.91. The SMILES string of the molecule is CCCCCCCOc1ccc(/C=N/NC(=O)c2cccc(NC(=O)c3ccc(OC)cc3)c2)cc1. The molecule has 0 radical (unpaired) electrons. The molecular weight excluding hydrogens is 454 g/mol. The maximum absolute atomic E-state index is 12.5. The molecule has 0 aliphatic heterocycles. The van der Waals surface area contributed by atoms with E-state index in [1.165, 1.54) is 25.7 Å². The molecule has 2 N–H and O–H groups in total. The topological polar surface area (TPSA) is 89.0 Å². The van der Waals surface area contributed by atoms with Crippen LogP contribution in [-0.4, -0.2) is 31.7 Å². The zero-order valence-electron chi connectivity index (χ0n) is 20.8. The van der Waals surface area contributed by atoms with Gasteiger partial charge in [0.2, 0.25) is 0 Å². The molecule has 36 heavy (non-hydrogen) atoms. The lowest BCUT2D eigenvalue weighted by Gasteiger charge is -2.08. The van der Waals surface area contributed by atoms with Gasteiger partial charge in [0.25, 0.3) is 11.8 Å². The number of nitrogens with zero attached hydrogens (tertiary/aromatic N) is 1. The Morgan fingerprint density at radius 3 is 2.28 bits per heavy atom. The number of amides is 2. The molecule has 7 nitrogen and oxygen atoms in total. The third-order valence-electron chi connectivity index (χ3n) is 5.51. The Labute approximate surface area is 212 Å². The number of benzene rings is 3. The van der Waals surface area contributed by atoms with Crippen LogP contribution in [0.5, 0.6) is 11.5 Å². The molecule has 0 bridgehead atoms. The second kappa shape index (κ2) is 14.3. The molecule has 0 heterocycles. The van der Waals surface area contributed by atoms with Gasteiger partial charge in [0.15, 0.2) is 0 Å². The van der Waals surface area contributed by atoms with E-state index in [0.717, 1.165) is 17.7 Å². The van der Waals surface area contributed by atoms with Gasteiger partial charge in [-0.05, 0) is 78.7 Å². The summed E-state index contributed by atoms with van der Waals surface area (Å²) in [7, 11) is 1.57. The van der Waals surface area contributed by atoms with Gasteiger partial charge >= 0.3 is 0 Å². The number of hydrogen-bond acceptors (Lipinski definition) is 5. The number of anilines is 1. The van der Waals surface area contributed by atoms with Crippen LogP contribution in [0.4, 0.5) is 5.69 Å². The summed E-state index contributed by atoms with van der Waals surface area (Å²) in [4.78, 5) is 25.0. The molecule has 0 saturated heterocycles. The predicted octanol–water partition coefficient (Wildman–Crippen LogP) is 6.06. The molecule has 0 aromatic heterocycles. The first-order chi connectivity index (χ1) is 17.6. The number of ether oxygens (including phenoxy) is 2. The normalized spacial score (nSPS) is 10.7. The van der Waals surface area contributed by atoms with Crippen molar-refractivity contribution in [3.63, 3.8) is 0 Å². The average molecular weight is 488 g/mol. The number of nitrogens with one attached hydrogen (secondary N) is 2. The molecule has 0 saturated carbocycles. The van der Waals surface area contributed by atoms with Gasteiger partial charge in [0, 0.05) is 16.8 Å². The largest absolute Gasteiger partial charge is 0.497 e. The maximum Gasteiger partial charge on any atom is 0.271 e. The van der Waals surface area contributed by atoms with Gasteiger partial charge < -0.3 is 14.8 Å². The lowest BCUT2D eigenvalue weighted by Crippen LogP contribution is -2.18. The monoisotopic (exact) mass is 487 g/mol. The van der Waals surface area contributed by atoms with E-state index in [0.29, 0.717) is 29.2 Å². The van der Waals surface area contributed by atoms with Gasteiger partial charge in [0.1, 0.15) is 11.5 Å². The lowest BCUT2D eigenvalue weighted by molar-refractivity contribution is 0.0953. The summed E-state index contributed by atoms with van der Waals surface area (Å²) in [5, 5.41) is 6.84. The first kappa shape index (κ1) is 26.5. The zero-order valence-corrected chi connectivity index (χ0v) is 20.8. The fourth-order valence-corrected chi connectivity index (χ4v) is 3.46. The van der Waals surface area contributed by atoms with Crippen molar-refractivity contribution < 1.29 is 19.1 Å². The van der Waals surface area contributed by atoms with Crippen molar-refractivity contribution in [2.75, 3.05) is 19.0 Å². The first-order valence-electron chi connectivity index (χ1n) is 12.2. The van der Waals surface area contributed by atoms with Gasteiger partial charge in [0.05, 0.1) is 19.9 Å². The van der Waals surface area contributed by atoms with Crippen LogP contribution in [0.2, 0.25) is 0 Å². The Kier molecular flexibility index (Phi) is 10.5. The molecule has 188 valence electrons. The molecule has 0 fully saturated rings. The molecule has 2 amide bonds. The fraction of sp³-hybridized carbons (Fsp3) is 0.276. The Morgan fingerprint density at radius 2 is 1.56 bits per heavy atom. The van der Waals surface area contributed by atoms with Crippen molar-refractivity contribution in [1.82, 2.24) is 5.43 Å². The summed E-state index contributed by atoms with van der Waals surface area (Å²) in [6, 6.07) is 21.0. The molecule has 0 unspecified atom stereocenters. The number of unbranched alkanes of at least 4 members (excludes halogenated alkanes) is 4. The van der Waals surface area contributed by atoms with Gasteiger partial charge in [-0.2, -0.15) is 5.10 Å². The van der Waals surface area contributed by atoms with Gasteiger partial charge in [-0.3, -0.25) is 9.59 Å². The third kappa shape index (κ3) is 8.58.